The summed E-state index contributed by atoms with van der Waals surface area (Å²) < 4.78 is 0. The molecule has 0 aromatic heterocycles. The third kappa shape index (κ3) is 3.99. The number of hydrogen-bond acceptors (Lipinski definition) is 3. The zero-order valence-electron chi connectivity index (χ0n) is 11.9. The van der Waals surface area contributed by atoms with Crippen LogP contribution in [-0.4, -0.2) is 16.9 Å². The van der Waals surface area contributed by atoms with Crippen molar-refractivity contribution >= 4 is 34.8 Å². The number of nitrogens with one attached hydrogen (secondary N) is 2. The largest absolute Gasteiger partial charge is 0.506 e. The van der Waals surface area contributed by atoms with Crippen LogP contribution in [0.15, 0.2) is 42.5 Å². The van der Waals surface area contributed by atoms with Crippen LogP contribution in [0.4, 0.5) is 11.4 Å². The number of carbonyl (C=O) groups is 2. The number of aromatic hydroxyl groups is 1. The average Bonchev–Trinajstić information content (AvgIpc) is 2.51. The highest BCUT2D eigenvalue weighted by Crippen LogP contribution is 2.27. The summed E-state index contributed by atoms with van der Waals surface area (Å²) in [7, 11) is 0. The number of phenols is 1. The second-order valence-electron chi connectivity index (χ2n) is 4.59. The van der Waals surface area contributed by atoms with Crippen LogP contribution in [0.25, 0.3) is 0 Å². The van der Waals surface area contributed by atoms with Gasteiger partial charge in [0.25, 0.3) is 5.91 Å². The second-order valence-corrected chi connectivity index (χ2v) is 5.03. The van der Waals surface area contributed by atoms with Gasteiger partial charge in [0.1, 0.15) is 5.75 Å². The molecule has 114 valence electrons. The Kier molecular flexibility index (Phi) is 5.01. The quantitative estimate of drug-likeness (QED) is 0.753. The Morgan fingerprint density at radius 2 is 1.77 bits per heavy atom. The number of anilines is 2. The monoisotopic (exact) mass is 318 g/mol. The minimum atomic E-state index is -0.383. The van der Waals surface area contributed by atoms with Crippen molar-refractivity contribution in [3.05, 3.63) is 53.1 Å². The topological polar surface area (TPSA) is 78.4 Å². The Morgan fingerprint density at radius 3 is 2.41 bits per heavy atom. The van der Waals surface area contributed by atoms with E-state index in [2.05, 4.69) is 10.6 Å². The molecule has 0 heterocycles. The maximum atomic E-state index is 12.1. The molecule has 2 aromatic carbocycles. The van der Waals surface area contributed by atoms with E-state index in [-0.39, 0.29) is 23.3 Å². The van der Waals surface area contributed by atoms with Crippen LogP contribution in [0.2, 0.25) is 5.02 Å². The lowest BCUT2D eigenvalue weighted by Crippen LogP contribution is -2.13. The number of halogens is 1. The van der Waals surface area contributed by atoms with Crippen molar-refractivity contribution < 1.29 is 14.7 Å². The van der Waals surface area contributed by atoms with Crippen LogP contribution in [0.5, 0.6) is 5.75 Å². The smallest absolute Gasteiger partial charge is 0.255 e. The molecule has 0 aliphatic carbocycles. The summed E-state index contributed by atoms with van der Waals surface area (Å²) in [6, 6.07) is 10.8. The molecule has 2 amide bonds. The minimum Gasteiger partial charge on any atom is -0.506 e. The lowest BCUT2D eigenvalue weighted by atomic mass is 10.2. The van der Waals surface area contributed by atoms with Gasteiger partial charge in [0.15, 0.2) is 0 Å². The Labute approximate surface area is 132 Å². The Morgan fingerprint density at radius 1 is 1.09 bits per heavy atom. The van der Waals surface area contributed by atoms with E-state index in [9.17, 15) is 14.7 Å². The Balaban J connectivity index is 2.09. The van der Waals surface area contributed by atoms with Crippen LogP contribution in [0, 0.1) is 0 Å². The Bertz CT molecular complexity index is 699. The number of hydrogen-bond donors (Lipinski definition) is 3. The molecule has 0 aliphatic heterocycles. The molecular formula is C16H15ClN2O3. The summed E-state index contributed by atoms with van der Waals surface area (Å²) in [5, 5.41) is 15.4. The molecule has 0 bridgehead atoms. The van der Waals surface area contributed by atoms with Crippen LogP contribution < -0.4 is 10.6 Å². The number of rotatable bonds is 4. The van der Waals surface area contributed by atoms with Gasteiger partial charge in [-0.2, -0.15) is 0 Å². The molecule has 2 aromatic rings. The molecule has 0 unspecified atom stereocenters. The summed E-state index contributed by atoms with van der Waals surface area (Å²) >= 11 is 5.83. The predicted octanol–water partition coefficient (Wildman–Crippen LogP) is 3.65. The molecule has 0 saturated carbocycles. The first-order valence-electron chi connectivity index (χ1n) is 6.69. The van der Waals surface area contributed by atoms with Crippen molar-refractivity contribution in [2.24, 2.45) is 0 Å². The van der Waals surface area contributed by atoms with Crippen molar-refractivity contribution in [1.82, 2.24) is 0 Å². The van der Waals surface area contributed by atoms with Gasteiger partial charge in [-0.1, -0.05) is 18.5 Å². The van der Waals surface area contributed by atoms with Gasteiger partial charge >= 0.3 is 0 Å². The van der Waals surface area contributed by atoms with Crippen LogP contribution >= 0.6 is 11.6 Å². The molecule has 5 nitrogen and oxygen atoms in total. The molecule has 22 heavy (non-hydrogen) atoms. The maximum absolute atomic E-state index is 12.1. The number of amides is 2. The van der Waals surface area contributed by atoms with Gasteiger partial charge < -0.3 is 15.7 Å². The standard InChI is InChI=1S/C16H15ClN2O3/c1-2-15(21)18-12-6-3-10(4-7-12)16(22)19-13-9-11(17)5-8-14(13)20/h3-9,20H,2H2,1H3,(H,18,21)(H,19,22). The predicted molar refractivity (Wildman–Crippen MR) is 86.4 cm³/mol. The third-order valence-electron chi connectivity index (χ3n) is 2.96. The normalized spacial score (nSPS) is 10.1. The third-order valence-corrected chi connectivity index (χ3v) is 3.19. The SMILES string of the molecule is CCC(=O)Nc1ccc(C(=O)Nc2cc(Cl)ccc2O)cc1. The van der Waals surface area contributed by atoms with E-state index >= 15 is 0 Å². The summed E-state index contributed by atoms with van der Waals surface area (Å²) in [5.74, 6) is -0.545. The van der Waals surface area contributed by atoms with Crippen LogP contribution in [0.1, 0.15) is 23.7 Å². The summed E-state index contributed by atoms with van der Waals surface area (Å²) in [6.45, 7) is 1.76. The highest BCUT2D eigenvalue weighted by molar-refractivity contribution is 6.31. The van der Waals surface area contributed by atoms with Crippen molar-refractivity contribution in [3.63, 3.8) is 0 Å². The number of carbonyl (C=O) groups excluding carboxylic acids is 2. The number of benzene rings is 2. The van der Waals surface area contributed by atoms with Crippen molar-refractivity contribution in [2.75, 3.05) is 10.6 Å². The van der Waals surface area contributed by atoms with Crippen LogP contribution in [0.3, 0.4) is 0 Å². The van der Waals surface area contributed by atoms with Crippen LogP contribution in [-0.2, 0) is 4.79 Å². The zero-order chi connectivity index (χ0) is 16.1. The first-order chi connectivity index (χ1) is 10.5. The highest BCUT2D eigenvalue weighted by Gasteiger charge is 2.10. The molecule has 0 atom stereocenters. The Hall–Kier alpha value is -2.53. The van der Waals surface area contributed by atoms with E-state index in [1.165, 1.54) is 18.2 Å². The molecule has 2 rings (SSSR count). The molecule has 0 spiro atoms. The van der Waals surface area contributed by atoms with E-state index in [1.54, 1.807) is 31.2 Å². The average molecular weight is 319 g/mol. The summed E-state index contributed by atoms with van der Waals surface area (Å²) in [6.07, 6.45) is 0.385. The molecule has 0 fully saturated rings. The first-order valence-corrected chi connectivity index (χ1v) is 7.07. The van der Waals surface area contributed by atoms with Crippen molar-refractivity contribution in [3.8, 4) is 5.75 Å². The lowest BCUT2D eigenvalue weighted by Gasteiger charge is -2.09. The van der Waals surface area contributed by atoms with Gasteiger partial charge in [-0.05, 0) is 42.5 Å². The van der Waals surface area contributed by atoms with E-state index < -0.39 is 0 Å². The lowest BCUT2D eigenvalue weighted by molar-refractivity contribution is -0.115. The minimum absolute atomic E-state index is 0.0652. The fourth-order valence-corrected chi connectivity index (χ4v) is 1.93. The first kappa shape index (κ1) is 15.9. The molecule has 6 heteroatoms. The van der Waals surface area contributed by atoms with E-state index in [0.717, 1.165) is 0 Å². The van der Waals surface area contributed by atoms with Gasteiger partial charge in [-0.25, -0.2) is 0 Å². The molecule has 0 aliphatic rings. The zero-order valence-corrected chi connectivity index (χ0v) is 12.6. The number of phenolic OH excluding ortho intramolecular Hbond substituents is 1. The van der Waals surface area contributed by atoms with Gasteiger partial charge in [-0.15, -0.1) is 0 Å². The fraction of sp³-hybridized carbons (Fsp3) is 0.125. The van der Waals surface area contributed by atoms with Gasteiger partial charge in [-0.3, -0.25) is 9.59 Å². The van der Waals surface area contributed by atoms with Gasteiger partial charge in [0.2, 0.25) is 5.91 Å². The van der Waals surface area contributed by atoms with E-state index in [1.807, 2.05) is 0 Å². The fourth-order valence-electron chi connectivity index (χ4n) is 1.76. The maximum Gasteiger partial charge on any atom is 0.255 e. The summed E-state index contributed by atoms with van der Waals surface area (Å²) in [4.78, 5) is 23.4. The second kappa shape index (κ2) is 6.95. The molecule has 3 N–H and O–H groups in total. The van der Waals surface area contributed by atoms with Crippen molar-refractivity contribution in [1.29, 1.82) is 0 Å². The summed E-state index contributed by atoms with van der Waals surface area (Å²) in [5.41, 5.74) is 1.25. The highest BCUT2D eigenvalue weighted by atomic mass is 35.5. The van der Waals surface area contributed by atoms with Gasteiger partial charge in [0.05, 0.1) is 5.69 Å². The molecule has 0 radical (unpaired) electrons. The van der Waals surface area contributed by atoms with E-state index in [0.29, 0.717) is 22.7 Å². The van der Waals surface area contributed by atoms with Gasteiger partial charge in [0, 0.05) is 22.7 Å². The molecular weight excluding hydrogens is 304 g/mol. The van der Waals surface area contributed by atoms with E-state index in [4.69, 9.17) is 11.6 Å². The van der Waals surface area contributed by atoms with Crippen molar-refractivity contribution in [2.45, 2.75) is 13.3 Å². The molecule has 0 saturated heterocycles.